The van der Waals surface area contributed by atoms with Gasteiger partial charge in [-0.15, -0.1) is 0 Å². The minimum atomic E-state index is -0.442. The third kappa shape index (κ3) is 4.02. The number of rotatable bonds is 5. The van der Waals surface area contributed by atoms with Crippen molar-refractivity contribution in [1.29, 1.82) is 0 Å². The lowest BCUT2D eigenvalue weighted by Gasteiger charge is -2.20. The fraction of sp³-hybridized carbons (Fsp3) is 0.250. The van der Waals surface area contributed by atoms with E-state index in [4.69, 9.17) is 11.6 Å². The van der Waals surface area contributed by atoms with Gasteiger partial charge in [0.15, 0.2) is 0 Å². The zero-order valence-corrected chi connectivity index (χ0v) is 13.8. The van der Waals surface area contributed by atoms with E-state index in [1.165, 1.54) is 18.2 Å². The molecule has 0 heterocycles. The van der Waals surface area contributed by atoms with Crippen molar-refractivity contribution in [2.75, 3.05) is 6.54 Å². The molecule has 0 fully saturated rings. The zero-order chi connectivity index (χ0) is 15.4. The van der Waals surface area contributed by atoms with Crippen LogP contribution < -0.4 is 5.32 Å². The smallest absolute Gasteiger partial charge is 0.142 e. The summed E-state index contributed by atoms with van der Waals surface area (Å²) in [5.74, 6) is -0.750. The molecule has 1 nitrogen and oxygen atoms in total. The highest BCUT2D eigenvalue weighted by atomic mass is 79.9. The van der Waals surface area contributed by atoms with Crippen molar-refractivity contribution < 1.29 is 8.78 Å². The summed E-state index contributed by atoms with van der Waals surface area (Å²) in [7, 11) is 0. The Morgan fingerprint density at radius 1 is 1.19 bits per heavy atom. The SMILES string of the molecule is CCNC(Cc1ccc(Cl)c(F)c1)c1cccc(F)c1Br. The van der Waals surface area contributed by atoms with Gasteiger partial charge in [0.1, 0.15) is 11.6 Å². The minimum absolute atomic E-state index is 0.102. The summed E-state index contributed by atoms with van der Waals surface area (Å²) < 4.78 is 27.7. The van der Waals surface area contributed by atoms with E-state index in [2.05, 4.69) is 21.2 Å². The number of nitrogens with one attached hydrogen (secondary N) is 1. The van der Waals surface area contributed by atoms with Gasteiger partial charge in [-0.3, -0.25) is 0 Å². The lowest BCUT2D eigenvalue weighted by Crippen LogP contribution is -2.23. The summed E-state index contributed by atoms with van der Waals surface area (Å²) >= 11 is 8.97. The van der Waals surface area contributed by atoms with Crippen molar-refractivity contribution in [2.24, 2.45) is 0 Å². The molecule has 2 aromatic rings. The second-order valence-corrected chi connectivity index (χ2v) is 5.91. The zero-order valence-electron chi connectivity index (χ0n) is 11.5. The van der Waals surface area contributed by atoms with Crippen LogP contribution in [0.4, 0.5) is 8.78 Å². The van der Waals surface area contributed by atoms with E-state index >= 15 is 0 Å². The summed E-state index contributed by atoms with van der Waals surface area (Å²) in [6.07, 6.45) is 0.546. The lowest BCUT2D eigenvalue weighted by atomic mass is 9.98. The molecular formula is C16H15BrClF2N. The first-order valence-corrected chi connectivity index (χ1v) is 7.81. The van der Waals surface area contributed by atoms with Crippen LogP contribution in [0, 0.1) is 11.6 Å². The molecule has 0 spiro atoms. The van der Waals surface area contributed by atoms with Crippen LogP contribution in [0.15, 0.2) is 40.9 Å². The molecule has 0 aliphatic heterocycles. The molecule has 0 bridgehead atoms. The molecule has 0 radical (unpaired) electrons. The van der Waals surface area contributed by atoms with Crippen LogP contribution in [0.5, 0.6) is 0 Å². The lowest BCUT2D eigenvalue weighted by molar-refractivity contribution is 0.536. The van der Waals surface area contributed by atoms with Gasteiger partial charge in [0, 0.05) is 6.04 Å². The Morgan fingerprint density at radius 3 is 2.62 bits per heavy atom. The van der Waals surface area contributed by atoms with E-state index in [-0.39, 0.29) is 16.9 Å². The highest BCUT2D eigenvalue weighted by Crippen LogP contribution is 2.29. The van der Waals surface area contributed by atoms with Crippen LogP contribution in [0.25, 0.3) is 0 Å². The molecule has 0 saturated heterocycles. The number of hydrogen-bond acceptors (Lipinski definition) is 1. The summed E-state index contributed by atoms with van der Waals surface area (Å²) in [5.41, 5.74) is 1.62. The summed E-state index contributed by atoms with van der Waals surface area (Å²) in [6.45, 7) is 2.70. The molecule has 0 aromatic heterocycles. The van der Waals surface area contributed by atoms with Crippen molar-refractivity contribution in [1.82, 2.24) is 5.32 Å². The van der Waals surface area contributed by atoms with Gasteiger partial charge >= 0.3 is 0 Å². The first kappa shape index (κ1) is 16.4. The third-order valence-corrected chi connectivity index (χ3v) is 4.37. The largest absolute Gasteiger partial charge is 0.310 e. The second-order valence-electron chi connectivity index (χ2n) is 4.71. The van der Waals surface area contributed by atoms with Gasteiger partial charge in [-0.05, 0) is 58.2 Å². The Morgan fingerprint density at radius 2 is 1.95 bits per heavy atom. The molecule has 1 atom stereocenters. The molecule has 21 heavy (non-hydrogen) atoms. The Balaban J connectivity index is 2.30. The Labute approximate surface area is 136 Å². The number of likely N-dealkylation sites (N-methyl/N-ethyl adjacent to an activating group) is 1. The molecule has 0 amide bonds. The number of benzene rings is 2. The number of hydrogen-bond donors (Lipinski definition) is 1. The van der Waals surface area contributed by atoms with Gasteiger partial charge in [-0.2, -0.15) is 0 Å². The molecule has 1 N–H and O–H groups in total. The van der Waals surface area contributed by atoms with Gasteiger partial charge in [0.2, 0.25) is 0 Å². The van der Waals surface area contributed by atoms with Crippen LogP contribution in [-0.2, 0) is 6.42 Å². The Bertz CT molecular complexity index is 634. The first-order valence-electron chi connectivity index (χ1n) is 6.64. The van der Waals surface area contributed by atoms with E-state index < -0.39 is 5.82 Å². The Hall–Kier alpha value is -0.970. The predicted octanol–water partition coefficient (Wildman–Crippen LogP) is 5.27. The van der Waals surface area contributed by atoms with Crippen LogP contribution in [-0.4, -0.2) is 6.54 Å². The van der Waals surface area contributed by atoms with Crippen LogP contribution in [0.3, 0.4) is 0 Å². The normalized spacial score (nSPS) is 12.4. The maximum absolute atomic E-state index is 13.7. The maximum Gasteiger partial charge on any atom is 0.142 e. The van der Waals surface area contributed by atoms with E-state index in [1.54, 1.807) is 12.1 Å². The fourth-order valence-corrected chi connectivity index (χ4v) is 2.89. The molecule has 0 saturated carbocycles. The van der Waals surface area contributed by atoms with Crippen LogP contribution in [0.2, 0.25) is 5.02 Å². The quantitative estimate of drug-likeness (QED) is 0.751. The van der Waals surface area contributed by atoms with E-state index in [0.717, 1.165) is 17.7 Å². The fourth-order valence-electron chi connectivity index (χ4n) is 2.23. The van der Waals surface area contributed by atoms with Crippen molar-refractivity contribution in [3.63, 3.8) is 0 Å². The maximum atomic E-state index is 13.7. The van der Waals surface area contributed by atoms with Gasteiger partial charge in [-0.25, -0.2) is 8.78 Å². The Kier molecular flexibility index (Phi) is 5.73. The molecular weight excluding hydrogens is 360 g/mol. The second kappa shape index (κ2) is 7.34. The average Bonchev–Trinajstić information content (AvgIpc) is 2.45. The topological polar surface area (TPSA) is 12.0 Å². The van der Waals surface area contributed by atoms with Crippen molar-refractivity contribution in [3.05, 3.63) is 68.7 Å². The predicted molar refractivity (Wildman–Crippen MR) is 85.6 cm³/mol. The molecule has 2 aromatic carbocycles. The van der Waals surface area contributed by atoms with Crippen LogP contribution in [0.1, 0.15) is 24.1 Å². The van der Waals surface area contributed by atoms with E-state index in [9.17, 15) is 8.78 Å². The molecule has 5 heteroatoms. The summed E-state index contributed by atoms with van der Waals surface area (Å²) in [6, 6.07) is 9.55. The highest BCUT2D eigenvalue weighted by molar-refractivity contribution is 9.10. The van der Waals surface area contributed by atoms with Crippen LogP contribution >= 0.6 is 27.5 Å². The van der Waals surface area contributed by atoms with Gasteiger partial charge in [0.25, 0.3) is 0 Å². The minimum Gasteiger partial charge on any atom is -0.310 e. The van der Waals surface area contributed by atoms with Gasteiger partial charge < -0.3 is 5.32 Å². The highest BCUT2D eigenvalue weighted by Gasteiger charge is 2.17. The van der Waals surface area contributed by atoms with Crippen molar-refractivity contribution in [3.8, 4) is 0 Å². The van der Waals surface area contributed by atoms with E-state index in [1.807, 2.05) is 13.0 Å². The monoisotopic (exact) mass is 373 g/mol. The van der Waals surface area contributed by atoms with Gasteiger partial charge in [0.05, 0.1) is 9.50 Å². The van der Waals surface area contributed by atoms with Gasteiger partial charge in [-0.1, -0.05) is 36.7 Å². The van der Waals surface area contributed by atoms with E-state index in [0.29, 0.717) is 10.9 Å². The third-order valence-electron chi connectivity index (χ3n) is 3.23. The van der Waals surface area contributed by atoms with Crippen molar-refractivity contribution >= 4 is 27.5 Å². The molecule has 0 aliphatic carbocycles. The van der Waals surface area contributed by atoms with Crippen molar-refractivity contribution in [2.45, 2.75) is 19.4 Å². The first-order chi connectivity index (χ1) is 10.0. The molecule has 2 rings (SSSR count). The summed E-state index contributed by atoms with van der Waals surface area (Å²) in [5, 5.41) is 3.40. The standard InChI is InChI=1S/C16H15BrClF2N/c1-2-21-15(11-4-3-5-13(19)16(11)17)9-10-6-7-12(18)14(20)8-10/h3-8,15,21H,2,9H2,1H3. The molecule has 1 unspecified atom stereocenters. The summed E-state index contributed by atoms with van der Waals surface area (Å²) in [4.78, 5) is 0. The number of halogens is 4. The molecule has 112 valence electrons. The average molecular weight is 375 g/mol. The molecule has 0 aliphatic rings.